The molecule has 3 aromatic rings. The van der Waals surface area contributed by atoms with Crippen LogP contribution < -0.4 is 20.1 Å². The van der Waals surface area contributed by atoms with Crippen molar-refractivity contribution >= 4 is 23.2 Å². The lowest BCUT2D eigenvalue weighted by atomic mass is 9.94. The Hall–Kier alpha value is -4.08. The highest BCUT2D eigenvalue weighted by Gasteiger charge is 2.33. The molecule has 2 aromatic heterocycles. The number of ether oxygens (including phenoxy) is 2. The number of methoxy groups -OCH3 is 1. The van der Waals surface area contributed by atoms with E-state index in [-0.39, 0.29) is 29.4 Å². The van der Waals surface area contributed by atoms with E-state index in [1.54, 1.807) is 24.5 Å². The van der Waals surface area contributed by atoms with E-state index < -0.39 is 5.82 Å². The predicted octanol–water partition coefficient (Wildman–Crippen LogP) is 6.01. The minimum atomic E-state index is -0.507. The smallest absolute Gasteiger partial charge is 0.255 e. The van der Waals surface area contributed by atoms with E-state index in [9.17, 15) is 14.0 Å². The van der Waals surface area contributed by atoms with Gasteiger partial charge in [-0.25, -0.2) is 4.39 Å². The van der Waals surface area contributed by atoms with Gasteiger partial charge in [-0.2, -0.15) is 0 Å². The molecule has 1 saturated heterocycles. The van der Waals surface area contributed by atoms with Crippen molar-refractivity contribution in [2.75, 3.05) is 38.7 Å². The van der Waals surface area contributed by atoms with E-state index in [2.05, 4.69) is 34.4 Å². The first-order chi connectivity index (χ1) is 20.4. The SMILES string of the molecule is CCCCC(=O)N1CCCC(COc2cnccc2-c2[nH]c3c(c2Nc2cccc(F)c2OC)C(=O)NCC3CC)C1. The van der Waals surface area contributed by atoms with Crippen LogP contribution in [0.2, 0.25) is 0 Å². The predicted molar refractivity (Wildman–Crippen MR) is 160 cm³/mol. The molecule has 9 nitrogen and oxygen atoms in total. The summed E-state index contributed by atoms with van der Waals surface area (Å²) in [5.74, 6) is 0.419. The third-order valence-electron chi connectivity index (χ3n) is 8.24. The van der Waals surface area contributed by atoms with Gasteiger partial charge in [0.25, 0.3) is 5.91 Å². The number of halogens is 1. The van der Waals surface area contributed by atoms with Crippen LogP contribution in [-0.4, -0.2) is 60.0 Å². The maximum Gasteiger partial charge on any atom is 0.255 e. The van der Waals surface area contributed by atoms with Gasteiger partial charge in [0.05, 0.1) is 42.5 Å². The number of amides is 2. The van der Waals surface area contributed by atoms with Crippen molar-refractivity contribution in [3.8, 4) is 22.8 Å². The van der Waals surface area contributed by atoms with Crippen molar-refractivity contribution in [1.29, 1.82) is 0 Å². The van der Waals surface area contributed by atoms with Crippen LogP contribution in [-0.2, 0) is 4.79 Å². The van der Waals surface area contributed by atoms with Crippen molar-refractivity contribution in [3.05, 3.63) is 53.7 Å². The molecule has 10 heteroatoms. The summed E-state index contributed by atoms with van der Waals surface area (Å²) in [6.45, 7) is 6.62. The number of likely N-dealkylation sites (tertiary alicyclic amines) is 1. The van der Waals surface area contributed by atoms with Gasteiger partial charge in [-0.05, 0) is 43.9 Å². The topological polar surface area (TPSA) is 109 Å². The third-order valence-corrected chi connectivity index (χ3v) is 8.24. The van der Waals surface area contributed by atoms with Crippen LogP contribution in [0.4, 0.5) is 15.8 Å². The van der Waals surface area contributed by atoms with E-state index in [1.807, 2.05) is 11.0 Å². The number of nitrogens with zero attached hydrogens (tertiary/aromatic N) is 2. The molecule has 42 heavy (non-hydrogen) atoms. The number of rotatable bonds is 11. The standard InChI is InChI=1S/C32H40FN5O4/c1-4-6-12-26(39)38-15-8-9-20(18-38)19-42-25-17-34-14-13-22(25)29-30(36-24-11-7-10-23(33)31(24)41-3)27-28(37-29)21(5-2)16-35-32(27)40/h7,10-11,13-14,17,20-21,36-37H,4-6,8-9,12,15-16,18-19H2,1-3H3,(H,35,40). The number of benzene rings is 1. The van der Waals surface area contributed by atoms with Crippen molar-refractivity contribution < 1.29 is 23.5 Å². The molecule has 0 spiro atoms. The van der Waals surface area contributed by atoms with Crippen LogP contribution in [0, 0.1) is 11.7 Å². The number of pyridine rings is 1. The Balaban J connectivity index is 1.47. The van der Waals surface area contributed by atoms with Crippen LogP contribution in [0.1, 0.15) is 74.3 Å². The van der Waals surface area contributed by atoms with Crippen molar-refractivity contribution in [1.82, 2.24) is 20.2 Å². The summed E-state index contributed by atoms with van der Waals surface area (Å²) in [6, 6.07) is 6.48. The maximum atomic E-state index is 14.6. The van der Waals surface area contributed by atoms with Gasteiger partial charge in [0.2, 0.25) is 5.91 Å². The number of nitrogens with one attached hydrogen (secondary N) is 3. The molecule has 0 bridgehead atoms. The fourth-order valence-corrected chi connectivity index (χ4v) is 5.92. The molecule has 224 valence electrons. The number of carbonyl (C=O) groups is 2. The molecule has 4 heterocycles. The summed E-state index contributed by atoms with van der Waals surface area (Å²) in [5.41, 5.74) is 3.62. The molecular formula is C32H40FN5O4. The van der Waals surface area contributed by atoms with Crippen LogP contribution in [0.3, 0.4) is 0 Å². The van der Waals surface area contributed by atoms with E-state index in [1.165, 1.54) is 13.2 Å². The van der Waals surface area contributed by atoms with Gasteiger partial charge < -0.3 is 30.0 Å². The quantitative estimate of drug-likeness (QED) is 0.258. The Bertz CT molecular complexity index is 1420. The first kappa shape index (κ1) is 29.4. The minimum absolute atomic E-state index is 0.0585. The van der Waals surface area contributed by atoms with Gasteiger partial charge >= 0.3 is 0 Å². The Labute approximate surface area is 246 Å². The van der Waals surface area contributed by atoms with E-state index in [0.717, 1.165) is 49.9 Å². The van der Waals surface area contributed by atoms with Crippen LogP contribution in [0.15, 0.2) is 36.7 Å². The fourth-order valence-electron chi connectivity index (χ4n) is 5.92. The van der Waals surface area contributed by atoms with Crippen LogP contribution >= 0.6 is 0 Å². The van der Waals surface area contributed by atoms with Gasteiger partial charge in [0, 0.05) is 55.3 Å². The second kappa shape index (κ2) is 13.3. The van der Waals surface area contributed by atoms with Crippen molar-refractivity contribution in [3.63, 3.8) is 0 Å². The van der Waals surface area contributed by atoms with Crippen LogP contribution in [0.5, 0.6) is 11.5 Å². The molecule has 2 aliphatic heterocycles. The summed E-state index contributed by atoms with van der Waals surface area (Å²) >= 11 is 0. The number of para-hydroxylation sites is 1. The number of aromatic nitrogens is 2. The lowest BCUT2D eigenvalue weighted by Gasteiger charge is -2.33. The van der Waals surface area contributed by atoms with Crippen molar-refractivity contribution in [2.45, 2.75) is 58.3 Å². The van der Waals surface area contributed by atoms with Gasteiger partial charge in [-0.15, -0.1) is 0 Å². The summed E-state index contributed by atoms with van der Waals surface area (Å²) in [6.07, 6.45) is 8.61. The van der Waals surface area contributed by atoms with Crippen molar-refractivity contribution in [2.24, 2.45) is 5.92 Å². The highest BCUT2D eigenvalue weighted by atomic mass is 19.1. The van der Waals surface area contributed by atoms with Gasteiger partial charge in [0.1, 0.15) is 5.75 Å². The molecule has 0 aliphatic carbocycles. The number of carbonyl (C=O) groups excluding carboxylic acids is 2. The van der Waals surface area contributed by atoms with E-state index >= 15 is 0 Å². The second-order valence-corrected chi connectivity index (χ2v) is 11.1. The second-order valence-electron chi connectivity index (χ2n) is 11.1. The highest BCUT2D eigenvalue weighted by molar-refractivity contribution is 6.07. The number of hydrogen-bond donors (Lipinski definition) is 3. The maximum absolute atomic E-state index is 14.6. The molecule has 0 saturated carbocycles. The normalized spacial score (nSPS) is 18.3. The molecule has 2 aliphatic rings. The summed E-state index contributed by atoms with van der Waals surface area (Å²) < 4.78 is 26.3. The van der Waals surface area contributed by atoms with E-state index in [0.29, 0.717) is 54.5 Å². The molecule has 2 amide bonds. The number of fused-ring (bicyclic) bond motifs is 1. The van der Waals surface area contributed by atoms with Gasteiger partial charge in [-0.1, -0.05) is 26.3 Å². The third kappa shape index (κ3) is 6.07. The number of H-pyrrole nitrogens is 1. The molecule has 1 aromatic carbocycles. The zero-order chi connectivity index (χ0) is 29.6. The average molecular weight is 578 g/mol. The molecule has 0 radical (unpaired) electrons. The summed E-state index contributed by atoms with van der Waals surface area (Å²) in [5, 5.41) is 6.30. The Morgan fingerprint density at radius 2 is 2.12 bits per heavy atom. The fraction of sp³-hybridized carbons (Fsp3) is 0.469. The monoisotopic (exact) mass is 577 g/mol. The van der Waals surface area contributed by atoms with Gasteiger partial charge in [0.15, 0.2) is 11.6 Å². The average Bonchev–Trinajstić information content (AvgIpc) is 3.39. The first-order valence-electron chi connectivity index (χ1n) is 14.9. The largest absolute Gasteiger partial charge is 0.492 e. The molecule has 2 atom stereocenters. The Kier molecular flexibility index (Phi) is 9.29. The zero-order valence-corrected chi connectivity index (χ0v) is 24.6. The molecule has 1 fully saturated rings. The summed E-state index contributed by atoms with van der Waals surface area (Å²) in [7, 11) is 1.41. The molecular weight excluding hydrogens is 537 g/mol. The molecule has 3 N–H and O–H groups in total. The number of piperidine rings is 1. The number of aromatic amines is 1. The minimum Gasteiger partial charge on any atom is -0.492 e. The summed E-state index contributed by atoms with van der Waals surface area (Å²) in [4.78, 5) is 35.7. The number of anilines is 2. The molecule has 2 unspecified atom stereocenters. The van der Waals surface area contributed by atoms with Gasteiger partial charge in [-0.3, -0.25) is 14.6 Å². The zero-order valence-electron chi connectivity index (χ0n) is 24.6. The first-order valence-corrected chi connectivity index (χ1v) is 14.9. The Morgan fingerprint density at radius 3 is 2.90 bits per heavy atom. The molecule has 5 rings (SSSR count). The number of hydrogen-bond acceptors (Lipinski definition) is 6. The Morgan fingerprint density at radius 1 is 1.26 bits per heavy atom. The van der Waals surface area contributed by atoms with E-state index in [4.69, 9.17) is 9.47 Å². The highest BCUT2D eigenvalue weighted by Crippen LogP contribution is 2.44. The van der Waals surface area contributed by atoms with Crippen LogP contribution in [0.25, 0.3) is 11.3 Å². The number of unbranched alkanes of at least 4 members (excludes halogenated alkanes) is 1. The lowest BCUT2D eigenvalue weighted by molar-refractivity contribution is -0.133. The lowest BCUT2D eigenvalue weighted by Crippen LogP contribution is -2.41.